The number of aromatic nitrogens is 1. The number of nitrogens with one attached hydrogen (secondary N) is 1. The average molecular weight is 358 g/mol. The Morgan fingerprint density at radius 1 is 1.04 bits per heavy atom. The molecular weight excluding hydrogens is 340 g/mol. The fraction of sp³-hybridized carbons (Fsp3) is 0.167. The maximum Gasteiger partial charge on any atom is 0.229 e. The van der Waals surface area contributed by atoms with Gasteiger partial charge in [-0.05, 0) is 24.6 Å². The molecule has 0 saturated heterocycles. The smallest absolute Gasteiger partial charge is 0.229 e. The van der Waals surface area contributed by atoms with Crippen molar-refractivity contribution in [3.8, 4) is 11.3 Å². The van der Waals surface area contributed by atoms with Gasteiger partial charge in [-0.15, -0.1) is 11.3 Å². The van der Waals surface area contributed by atoms with E-state index in [1.165, 1.54) is 5.56 Å². The van der Waals surface area contributed by atoms with Gasteiger partial charge in [0, 0.05) is 22.5 Å². The van der Waals surface area contributed by atoms with Crippen molar-refractivity contribution in [3.63, 3.8) is 0 Å². The van der Waals surface area contributed by atoms with Crippen molar-refractivity contribution in [3.05, 3.63) is 70.0 Å². The minimum absolute atomic E-state index is 0.554. The monoisotopic (exact) mass is 358 g/mol. The van der Waals surface area contributed by atoms with Crippen LogP contribution in [0.4, 0.5) is 5.69 Å². The van der Waals surface area contributed by atoms with E-state index in [0.29, 0.717) is 5.69 Å². The second-order valence-electron chi connectivity index (χ2n) is 5.63. The zero-order chi connectivity index (χ0) is 17.2. The highest BCUT2D eigenvalue weighted by Gasteiger charge is 2.11. The van der Waals surface area contributed by atoms with Crippen LogP contribution in [0, 0.1) is 6.92 Å². The molecule has 1 N–H and O–H groups in total. The Labute approximate surface area is 146 Å². The molecular formula is C18H18N2O2S2. The van der Waals surface area contributed by atoms with Crippen molar-refractivity contribution >= 4 is 27.0 Å². The number of sulfonamides is 1. The van der Waals surface area contributed by atoms with Gasteiger partial charge in [-0.1, -0.05) is 42.5 Å². The Morgan fingerprint density at radius 3 is 2.33 bits per heavy atom. The van der Waals surface area contributed by atoms with E-state index in [1.807, 2.05) is 30.3 Å². The minimum Gasteiger partial charge on any atom is -0.284 e. The molecule has 2 aromatic carbocycles. The van der Waals surface area contributed by atoms with Gasteiger partial charge >= 0.3 is 0 Å². The summed E-state index contributed by atoms with van der Waals surface area (Å²) in [6.45, 7) is 2.06. The second-order valence-corrected chi connectivity index (χ2v) is 8.66. The van der Waals surface area contributed by atoms with Crippen molar-refractivity contribution in [2.75, 3.05) is 11.0 Å². The highest BCUT2D eigenvalue weighted by atomic mass is 32.2. The van der Waals surface area contributed by atoms with E-state index in [1.54, 1.807) is 23.5 Å². The van der Waals surface area contributed by atoms with E-state index in [2.05, 4.69) is 23.8 Å². The van der Waals surface area contributed by atoms with Crippen molar-refractivity contribution in [2.24, 2.45) is 0 Å². The van der Waals surface area contributed by atoms with E-state index in [-0.39, 0.29) is 0 Å². The van der Waals surface area contributed by atoms with Gasteiger partial charge in [-0.2, -0.15) is 0 Å². The third kappa shape index (κ3) is 4.21. The van der Waals surface area contributed by atoms with Gasteiger partial charge in [0.15, 0.2) is 0 Å². The Bertz CT molecular complexity index is 931. The van der Waals surface area contributed by atoms with Crippen LogP contribution in [-0.2, 0) is 16.4 Å². The summed E-state index contributed by atoms with van der Waals surface area (Å²) in [6, 6.07) is 17.6. The van der Waals surface area contributed by atoms with Crippen LogP contribution in [0.3, 0.4) is 0 Å². The van der Waals surface area contributed by atoms with Gasteiger partial charge in [0.05, 0.1) is 17.0 Å². The molecule has 4 nitrogen and oxygen atoms in total. The zero-order valence-corrected chi connectivity index (χ0v) is 15.1. The first-order valence-electron chi connectivity index (χ1n) is 7.49. The topological polar surface area (TPSA) is 59.1 Å². The van der Waals surface area contributed by atoms with Gasteiger partial charge < -0.3 is 0 Å². The Morgan fingerprint density at radius 2 is 1.71 bits per heavy atom. The van der Waals surface area contributed by atoms with Crippen molar-refractivity contribution in [1.82, 2.24) is 4.98 Å². The predicted octanol–water partition coefficient (Wildman–Crippen LogP) is 4.08. The summed E-state index contributed by atoms with van der Waals surface area (Å²) >= 11 is 1.70. The standard InChI is InChI=1S/C18H18N2O2S2/c1-13-18(15-8-10-16(11-9-15)20-24(2,21)22)19-17(23-13)12-14-6-4-3-5-7-14/h3-11,20H,12H2,1-2H3. The molecule has 0 saturated carbocycles. The molecule has 0 aliphatic carbocycles. The van der Waals surface area contributed by atoms with Crippen LogP contribution in [0.5, 0.6) is 0 Å². The summed E-state index contributed by atoms with van der Waals surface area (Å²) in [4.78, 5) is 5.92. The van der Waals surface area contributed by atoms with Gasteiger partial charge in [0.25, 0.3) is 0 Å². The fourth-order valence-electron chi connectivity index (χ4n) is 2.48. The molecule has 1 aromatic heterocycles. The second kappa shape index (κ2) is 6.75. The Balaban J connectivity index is 1.82. The van der Waals surface area contributed by atoms with Crippen molar-refractivity contribution in [1.29, 1.82) is 0 Å². The van der Waals surface area contributed by atoms with Gasteiger partial charge in [-0.3, -0.25) is 4.72 Å². The molecule has 0 aliphatic rings. The van der Waals surface area contributed by atoms with Crippen LogP contribution >= 0.6 is 11.3 Å². The molecule has 0 radical (unpaired) electrons. The van der Waals surface area contributed by atoms with Crippen LogP contribution in [0.1, 0.15) is 15.4 Å². The minimum atomic E-state index is -3.26. The van der Waals surface area contributed by atoms with Gasteiger partial charge in [-0.25, -0.2) is 13.4 Å². The summed E-state index contributed by atoms with van der Waals surface area (Å²) in [6.07, 6.45) is 1.96. The average Bonchev–Trinajstić information content (AvgIpc) is 2.88. The van der Waals surface area contributed by atoms with E-state index in [4.69, 9.17) is 4.98 Å². The summed E-state index contributed by atoms with van der Waals surface area (Å²) < 4.78 is 25.0. The number of hydrogen-bond acceptors (Lipinski definition) is 4. The lowest BCUT2D eigenvalue weighted by Crippen LogP contribution is -2.09. The zero-order valence-electron chi connectivity index (χ0n) is 13.5. The van der Waals surface area contributed by atoms with Crippen LogP contribution in [0.25, 0.3) is 11.3 Å². The molecule has 0 bridgehead atoms. The molecule has 0 unspecified atom stereocenters. The SMILES string of the molecule is Cc1sc(Cc2ccccc2)nc1-c1ccc(NS(C)(=O)=O)cc1. The molecule has 0 aliphatic heterocycles. The first-order valence-corrected chi connectivity index (χ1v) is 10.2. The molecule has 0 fully saturated rings. The maximum atomic E-state index is 11.3. The van der Waals surface area contributed by atoms with Crippen LogP contribution < -0.4 is 4.72 Å². The van der Waals surface area contributed by atoms with Crippen molar-refractivity contribution in [2.45, 2.75) is 13.3 Å². The third-order valence-electron chi connectivity index (χ3n) is 3.50. The van der Waals surface area contributed by atoms with Crippen molar-refractivity contribution < 1.29 is 8.42 Å². The lowest BCUT2D eigenvalue weighted by Gasteiger charge is -2.05. The number of rotatable bonds is 5. The highest BCUT2D eigenvalue weighted by molar-refractivity contribution is 7.92. The molecule has 124 valence electrons. The van der Waals surface area contributed by atoms with E-state index >= 15 is 0 Å². The Kier molecular flexibility index (Phi) is 4.69. The molecule has 6 heteroatoms. The number of aryl methyl sites for hydroxylation is 1. The fourth-order valence-corrected chi connectivity index (χ4v) is 4.03. The number of hydrogen-bond donors (Lipinski definition) is 1. The molecule has 0 amide bonds. The lowest BCUT2D eigenvalue weighted by atomic mass is 10.1. The third-order valence-corrected chi connectivity index (χ3v) is 5.08. The Hall–Kier alpha value is -2.18. The summed E-state index contributed by atoms with van der Waals surface area (Å²) in [5.74, 6) is 0. The van der Waals surface area contributed by atoms with E-state index in [0.717, 1.165) is 33.8 Å². The molecule has 0 atom stereocenters. The van der Waals surface area contributed by atoms with Crippen LogP contribution in [0.2, 0.25) is 0 Å². The molecule has 24 heavy (non-hydrogen) atoms. The summed E-state index contributed by atoms with van der Waals surface area (Å²) in [7, 11) is -3.26. The molecule has 1 heterocycles. The van der Waals surface area contributed by atoms with E-state index < -0.39 is 10.0 Å². The number of benzene rings is 2. The number of nitrogens with zero attached hydrogens (tertiary/aromatic N) is 1. The molecule has 0 spiro atoms. The van der Waals surface area contributed by atoms with Crippen LogP contribution in [-0.4, -0.2) is 19.7 Å². The van der Waals surface area contributed by atoms with Gasteiger partial charge in [0.2, 0.25) is 10.0 Å². The largest absolute Gasteiger partial charge is 0.284 e. The quantitative estimate of drug-likeness (QED) is 0.747. The molecule has 3 aromatic rings. The highest BCUT2D eigenvalue weighted by Crippen LogP contribution is 2.29. The lowest BCUT2D eigenvalue weighted by molar-refractivity contribution is 0.607. The normalized spacial score (nSPS) is 11.4. The molecule has 3 rings (SSSR count). The summed E-state index contributed by atoms with van der Waals surface area (Å²) in [5.41, 5.74) is 3.74. The number of anilines is 1. The van der Waals surface area contributed by atoms with E-state index in [9.17, 15) is 8.42 Å². The first kappa shape index (κ1) is 16.7. The van der Waals surface area contributed by atoms with Crippen LogP contribution in [0.15, 0.2) is 54.6 Å². The number of thiazole rings is 1. The summed E-state index contributed by atoms with van der Waals surface area (Å²) in [5, 5.41) is 1.08. The maximum absolute atomic E-state index is 11.3. The first-order chi connectivity index (χ1) is 11.4. The van der Waals surface area contributed by atoms with Gasteiger partial charge in [0.1, 0.15) is 0 Å². The predicted molar refractivity (Wildman–Crippen MR) is 100 cm³/mol.